The fourth-order valence-corrected chi connectivity index (χ4v) is 42.3. The van der Waals surface area contributed by atoms with Gasteiger partial charge in [0.1, 0.15) is 0 Å². The minimum atomic E-state index is -5.15. The van der Waals surface area contributed by atoms with Gasteiger partial charge in [-0.1, -0.05) is 0 Å². The van der Waals surface area contributed by atoms with Crippen molar-refractivity contribution in [3.63, 3.8) is 0 Å². The summed E-state index contributed by atoms with van der Waals surface area (Å²) in [6.45, 7) is 19.0. The van der Waals surface area contributed by atoms with E-state index in [4.69, 9.17) is 17.0 Å². The average molecular weight is 924 g/mol. The molecule has 0 spiro atoms. The third-order valence-corrected chi connectivity index (χ3v) is 65.4. The van der Waals surface area contributed by atoms with Crippen LogP contribution in [-0.2, 0) is 28.4 Å². The zero-order valence-electron chi connectivity index (χ0n) is 36.8. The number of rotatable bonds is 13. The van der Waals surface area contributed by atoms with E-state index in [0.717, 1.165) is 25.7 Å². The fraction of sp³-hybridized carbons (Fsp3) is 0.286. The summed E-state index contributed by atoms with van der Waals surface area (Å²) in [5, 5.41) is 0. The molecule has 8 rings (SSSR count). The van der Waals surface area contributed by atoms with Gasteiger partial charge in [0.15, 0.2) is 0 Å². The molecule has 0 heterocycles. The fourth-order valence-electron chi connectivity index (χ4n) is 10.9. The number of aryl methyl sites for hydroxylation is 2. The first-order valence-electron chi connectivity index (χ1n) is 22.5. The van der Waals surface area contributed by atoms with E-state index in [1.807, 2.05) is 0 Å². The van der Waals surface area contributed by atoms with E-state index in [2.05, 4.69) is 200 Å². The van der Waals surface area contributed by atoms with Crippen LogP contribution in [0.4, 0.5) is 0 Å². The van der Waals surface area contributed by atoms with Crippen molar-refractivity contribution < 1.29 is 15.6 Å². The summed E-state index contributed by atoms with van der Waals surface area (Å²) < 4.78 is 0.0331. The van der Waals surface area contributed by atoms with E-state index in [1.54, 1.807) is 0 Å². The Bertz CT molecular complexity index is 2420. The van der Waals surface area contributed by atoms with Crippen LogP contribution in [0.2, 0.25) is 13.1 Å². The summed E-state index contributed by atoms with van der Waals surface area (Å²) in [5.74, 6) is -0.883. The van der Waals surface area contributed by atoms with Crippen LogP contribution in [0, 0.1) is 11.8 Å². The Morgan fingerprint density at radius 3 is 1.20 bits per heavy atom. The van der Waals surface area contributed by atoms with Gasteiger partial charge in [-0.3, -0.25) is 0 Å². The molecule has 0 aromatic heterocycles. The number of halogens is 2. The van der Waals surface area contributed by atoms with Gasteiger partial charge in [-0.15, -0.1) is 0 Å². The molecule has 0 amide bonds. The van der Waals surface area contributed by atoms with Gasteiger partial charge in [0, 0.05) is 0 Å². The molecule has 2 aliphatic rings. The molecule has 2 unspecified atom stereocenters. The normalized spacial score (nSPS) is 16.8. The number of hydrogen-bond acceptors (Lipinski definition) is 0. The summed E-state index contributed by atoms with van der Waals surface area (Å²) in [4.78, 5) is 0. The van der Waals surface area contributed by atoms with Gasteiger partial charge in [0.05, 0.1) is 0 Å². The second-order valence-corrected chi connectivity index (χ2v) is 61.1. The quantitative estimate of drug-likeness (QED) is 0.101. The molecular formula is C56H61Cl2SiZr. The van der Waals surface area contributed by atoms with Crippen LogP contribution in [0.25, 0.3) is 56.7 Å². The Morgan fingerprint density at radius 1 is 0.483 bits per heavy atom. The van der Waals surface area contributed by atoms with Crippen molar-refractivity contribution in [3.05, 3.63) is 178 Å². The molecule has 0 saturated carbocycles. The van der Waals surface area contributed by atoms with E-state index in [0.29, 0.717) is 11.8 Å². The van der Waals surface area contributed by atoms with Gasteiger partial charge in [-0.05, 0) is 0 Å². The van der Waals surface area contributed by atoms with E-state index in [-0.39, 0.29) is 7.25 Å². The average Bonchev–Trinajstić information content (AvgIpc) is 3.81. The molecule has 0 saturated heterocycles. The van der Waals surface area contributed by atoms with Crippen LogP contribution in [0.1, 0.15) is 95.0 Å². The first-order valence-corrected chi connectivity index (χ1v) is 38.8. The SMILES string of the molecule is CCc1ccccc1-c1c(-c2ccccc2)ccc2c1C=C(CC(C)C)[CH]2[Zr]([Cl])([Cl])([CH]1C(CC(C)C)=Cc2c1ccc(-c1ccccc1)c2-c1ccccc1CC)[SiH](C)C. The molecule has 0 bridgehead atoms. The number of fused-ring (bicyclic) bond motifs is 2. The van der Waals surface area contributed by atoms with Crippen molar-refractivity contribution in [1.29, 1.82) is 0 Å². The summed E-state index contributed by atoms with van der Waals surface area (Å²) in [5.41, 5.74) is 21.3. The van der Waals surface area contributed by atoms with Crippen molar-refractivity contribution in [2.24, 2.45) is 11.8 Å². The van der Waals surface area contributed by atoms with Gasteiger partial charge in [-0.25, -0.2) is 0 Å². The Kier molecular flexibility index (Phi) is 12.5. The predicted octanol–water partition coefficient (Wildman–Crippen LogP) is 17.1. The maximum atomic E-state index is 9.14. The molecule has 6 aromatic carbocycles. The van der Waals surface area contributed by atoms with Crippen molar-refractivity contribution in [2.45, 2.75) is 87.6 Å². The minimum absolute atomic E-state index is 0.0166. The van der Waals surface area contributed by atoms with Crippen LogP contribution >= 0.6 is 17.0 Å². The third-order valence-electron chi connectivity index (χ3n) is 13.6. The van der Waals surface area contributed by atoms with E-state index in [9.17, 15) is 0 Å². The Hall–Kier alpha value is -3.52. The molecule has 0 aliphatic heterocycles. The second-order valence-electron chi connectivity index (χ2n) is 18.6. The van der Waals surface area contributed by atoms with Crippen molar-refractivity contribution in [2.75, 3.05) is 0 Å². The molecule has 2 atom stereocenters. The van der Waals surface area contributed by atoms with Crippen LogP contribution in [0.15, 0.2) is 145 Å². The standard InChI is InChI=1S/2C27H27.C2H7Si.2ClH.Zr/c2*1-4-21-10-8-9-13-24(21)27-25(22-11-6-5-7-12-22)15-14-23-17-20(16-19(2)3)18-26(23)27;1-3-2;;;/h2*5-15,17-19H,4,16H2,1-3H3;3H,1-2H3;2*1H;/q;;;;;+2/p-2. The zero-order chi connectivity index (χ0) is 42.4. The topological polar surface area (TPSA) is 0 Å². The van der Waals surface area contributed by atoms with Crippen LogP contribution in [0.3, 0.4) is 0 Å². The molecule has 0 fully saturated rings. The Morgan fingerprint density at radius 2 is 0.850 bits per heavy atom. The molecule has 6 aromatic rings. The molecule has 0 nitrogen and oxygen atoms in total. The van der Waals surface area contributed by atoms with Gasteiger partial charge < -0.3 is 0 Å². The summed E-state index contributed by atoms with van der Waals surface area (Å²) in [6, 6.07) is 49.7. The third kappa shape index (κ3) is 7.46. The van der Waals surface area contributed by atoms with Gasteiger partial charge in [0.25, 0.3) is 0 Å². The van der Waals surface area contributed by atoms with Crippen LogP contribution in [-0.4, -0.2) is 5.92 Å². The summed E-state index contributed by atoms with van der Waals surface area (Å²) in [7, 11) is 18.3. The monoisotopic (exact) mass is 921 g/mol. The van der Waals surface area contributed by atoms with Gasteiger partial charge >= 0.3 is 373 Å². The van der Waals surface area contributed by atoms with Crippen molar-refractivity contribution >= 4 is 35.1 Å². The first kappa shape index (κ1) is 43.1. The summed E-state index contributed by atoms with van der Waals surface area (Å²) >= 11 is -5.15. The van der Waals surface area contributed by atoms with Crippen molar-refractivity contribution in [3.8, 4) is 44.5 Å². The Labute approximate surface area is 369 Å². The van der Waals surface area contributed by atoms with Crippen molar-refractivity contribution in [1.82, 2.24) is 0 Å². The van der Waals surface area contributed by atoms with Crippen LogP contribution in [0.5, 0.6) is 0 Å². The van der Waals surface area contributed by atoms with Gasteiger partial charge in [0.2, 0.25) is 0 Å². The van der Waals surface area contributed by atoms with Crippen LogP contribution < -0.4 is 0 Å². The number of benzene rings is 6. The van der Waals surface area contributed by atoms with E-state index in [1.165, 1.54) is 89.0 Å². The van der Waals surface area contributed by atoms with E-state index >= 15 is 0 Å². The number of allylic oxidation sites excluding steroid dienone is 2. The molecule has 0 radical (unpaired) electrons. The molecule has 307 valence electrons. The molecule has 4 heteroatoms. The Balaban J connectivity index is 1.44. The molecule has 60 heavy (non-hydrogen) atoms. The maximum absolute atomic E-state index is 9.14. The molecular weight excluding hydrogens is 863 g/mol. The van der Waals surface area contributed by atoms with Gasteiger partial charge in [-0.2, -0.15) is 0 Å². The van der Waals surface area contributed by atoms with E-state index < -0.39 is 21.5 Å². The molecule has 0 N–H and O–H groups in total. The first-order chi connectivity index (χ1) is 28.9. The second kappa shape index (κ2) is 17.3. The molecule has 2 aliphatic carbocycles. The zero-order valence-corrected chi connectivity index (χ0v) is 42.0. The predicted molar refractivity (Wildman–Crippen MR) is 264 cm³/mol. The number of hydrogen-bond donors (Lipinski definition) is 0. The summed E-state index contributed by atoms with van der Waals surface area (Å²) in [6.07, 6.45) is 9.03.